The number of ether oxygens (including phenoxy) is 1. The van der Waals surface area contributed by atoms with E-state index in [4.69, 9.17) is 4.74 Å². The minimum absolute atomic E-state index is 0.0651. The first-order chi connectivity index (χ1) is 9.65. The molecule has 20 heavy (non-hydrogen) atoms. The van der Waals surface area contributed by atoms with Gasteiger partial charge in [0.05, 0.1) is 12.8 Å². The minimum atomic E-state index is -1.06. The summed E-state index contributed by atoms with van der Waals surface area (Å²) < 4.78 is 5.20. The van der Waals surface area contributed by atoms with Crippen LogP contribution in [0.4, 0.5) is 11.5 Å². The van der Waals surface area contributed by atoms with Crippen LogP contribution in [0.1, 0.15) is 10.4 Å². The van der Waals surface area contributed by atoms with E-state index in [1.54, 1.807) is 19.2 Å². The quantitative estimate of drug-likeness (QED) is 0.819. The van der Waals surface area contributed by atoms with Crippen molar-refractivity contribution in [2.24, 2.45) is 0 Å². The molecule has 104 valence electrons. The number of hydrogen-bond donors (Lipinski definition) is 2. The monoisotopic (exact) mass is 291 g/mol. The van der Waals surface area contributed by atoms with Crippen LogP contribution in [0.2, 0.25) is 0 Å². The number of aromatic carboxylic acids is 1. The zero-order chi connectivity index (χ0) is 14.5. The Morgan fingerprint density at radius 2 is 2.10 bits per heavy atom. The highest BCUT2D eigenvalue weighted by molar-refractivity contribution is 7.98. The van der Waals surface area contributed by atoms with Gasteiger partial charge in [-0.05, 0) is 24.5 Å². The van der Waals surface area contributed by atoms with Crippen LogP contribution in [0.15, 0.2) is 35.4 Å². The van der Waals surface area contributed by atoms with Gasteiger partial charge in [0.25, 0.3) is 0 Å². The Hall–Kier alpha value is -2.28. The predicted octanol–water partition coefficient (Wildman–Crippen LogP) is 2.65. The topological polar surface area (TPSA) is 84.3 Å². The van der Waals surface area contributed by atoms with Crippen LogP contribution >= 0.6 is 11.8 Å². The van der Waals surface area contributed by atoms with Crippen LogP contribution in [0.5, 0.6) is 5.75 Å². The van der Waals surface area contributed by atoms with Crippen molar-refractivity contribution < 1.29 is 14.6 Å². The van der Waals surface area contributed by atoms with Gasteiger partial charge in [-0.2, -0.15) is 0 Å². The largest absolute Gasteiger partial charge is 0.495 e. The van der Waals surface area contributed by atoms with Gasteiger partial charge >= 0.3 is 5.97 Å². The van der Waals surface area contributed by atoms with Crippen molar-refractivity contribution in [3.05, 3.63) is 35.9 Å². The molecule has 0 fully saturated rings. The van der Waals surface area contributed by atoms with Crippen LogP contribution in [-0.4, -0.2) is 34.6 Å². The molecule has 6 nitrogen and oxygen atoms in total. The fourth-order valence-corrected chi connectivity index (χ4v) is 1.96. The molecule has 1 aromatic heterocycles. The number of carbonyl (C=O) groups is 1. The van der Waals surface area contributed by atoms with Crippen LogP contribution in [0.25, 0.3) is 0 Å². The first-order valence-electron chi connectivity index (χ1n) is 5.70. The summed E-state index contributed by atoms with van der Waals surface area (Å²) in [4.78, 5) is 11.3. The van der Waals surface area contributed by atoms with Gasteiger partial charge in [0.15, 0.2) is 5.82 Å². The van der Waals surface area contributed by atoms with Gasteiger partial charge in [0.2, 0.25) is 0 Å². The maximum atomic E-state index is 11.3. The standard InChI is InChI=1S/C13H13N3O3S/c1-19-10-6-4-3-5-9(10)14-12-8(13(17)18)7-11(20-2)15-16-12/h3-7H,1-2H3,(H,14,16)(H,17,18). The molecular weight excluding hydrogens is 278 g/mol. The number of rotatable bonds is 5. The van der Waals surface area contributed by atoms with E-state index in [1.807, 2.05) is 18.4 Å². The SMILES string of the molecule is COc1ccccc1Nc1nnc(SC)cc1C(=O)O. The van der Waals surface area contributed by atoms with Gasteiger partial charge in [-0.1, -0.05) is 12.1 Å². The third kappa shape index (κ3) is 3.00. The molecule has 0 radical (unpaired) electrons. The second kappa shape index (κ2) is 6.25. The van der Waals surface area contributed by atoms with Gasteiger partial charge < -0.3 is 15.2 Å². The zero-order valence-electron chi connectivity index (χ0n) is 11.0. The maximum absolute atomic E-state index is 11.3. The molecule has 2 aromatic rings. The number of aromatic nitrogens is 2. The van der Waals surface area contributed by atoms with E-state index in [9.17, 15) is 9.90 Å². The van der Waals surface area contributed by atoms with E-state index >= 15 is 0 Å². The lowest BCUT2D eigenvalue weighted by Crippen LogP contribution is -2.07. The highest BCUT2D eigenvalue weighted by atomic mass is 32.2. The Balaban J connectivity index is 2.40. The van der Waals surface area contributed by atoms with Gasteiger partial charge in [-0.3, -0.25) is 0 Å². The molecule has 1 heterocycles. The Bertz CT molecular complexity index is 634. The van der Waals surface area contributed by atoms with Gasteiger partial charge in [-0.25, -0.2) is 4.79 Å². The number of methoxy groups -OCH3 is 1. The summed E-state index contributed by atoms with van der Waals surface area (Å²) in [5.41, 5.74) is 0.693. The highest BCUT2D eigenvalue weighted by Crippen LogP contribution is 2.28. The number of nitrogens with zero attached hydrogens (tertiary/aromatic N) is 2. The first-order valence-corrected chi connectivity index (χ1v) is 6.93. The molecule has 0 aliphatic rings. The summed E-state index contributed by atoms with van der Waals surface area (Å²) >= 11 is 1.33. The third-order valence-corrected chi connectivity index (χ3v) is 3.19. The summed E-state index contributed by atoms with van der Waals surface area (Å²) in [5, 5.41) is 20.6. The highest BCUT2D eigenvalue weighted by Gasteiger charge is 2.15. The van der Waals surface area contributed by atoms with E-state index in [-0.39, 0.29) is 11.4 Å². The summed E-state index contributed by atoms with van der Waals surface area (Å²) in [6.07, 6.45) is 1.81. The van der Waals surface area contributed by atoms with E-state index in [1.165, 1.54) is 17.8 Å². The molecule has 7 heteroatoms. The maximum Gasteiger partial charge on any atom is 0.339 e. The summed E-state index contributed by atoms with van der Waals surface area (Å²) in [5.74, 6) is -0.285. The second-order valence-corrected chi connectivity index (χ2v) is 4.61. The van der Waals surface area contributed by atoms with Crippen molar-refractivity contribution >= 4 is 29.2 Å². The van der Waals surface area contributed by atoms with Gasteiger partial charge in [0, 0.05) is 0 Å². The average Bonchev–Trinajstić information content (AvgIpc) is 2.48. The molecule has 2 rings (SSSR count). The van der Waals surface area contributed by atoms with Crippen molar-refractivity contribution in [2.75, 3.05) is 18.7 Å². The zero-order valence-corrected chi connectivity index (χ0v) is 11.8. The minimum Gasteiger partial charge on any atom is -0.495 e. The Morgan fingerprint density at radius 3 is 2.75 bits per heavy atom. The van der Waals surface area contributed by atoms with Crippen LogP contribution in [0, 0.1) is 0 Å². The number of benzene rings is 1. The number of para-hydroxylation sites is 2. The number of carboxylic acid groups (broad SMARTS) is 1. The third-order valence-electron chi connectivity index (χ3n) is 2.57. The molecule has 0 bridgehead atoms. The lowest BCUT2D eigenvalue weighted by molar-refractivity contribution is 0.0697. The average molecular weight is 291 g/mol. The number of nitrogens with one attached hydrogen (secondary N) is 1. The smallest absolute Gasteiger partial charge is 0.339 e. The van der Waals surface area contributed by atoms with Crippen LogP contribution in [-0.2, 0) is 0 Å². The van der Waals surface area contributed by atoms with Crippen molar-refractivity contribution in [3.63, 3.8) is 0 Å². The Labute approximate surface area is 120 Å². The Kier molecular flexibility index (Phi) is 4.41. The van der Waals surface area contributed by atoms with Crippen molar-refractivity contribution in [3.8, 4) is 5.75 Å². The van der Waals surface area contributed by atoms with E-state index in [0.29, 0.717) is 16.5 Å². The van der Waals surface area contributed by atoms with Crippen LogP contribution in [0.3, 0.4) is 0 Å². The fourth-order valence-electron chi connectivity index (χ4n) is 1.60. The number of thioether (sulfide) groups is 1. The van der Waals surface area contributed by atoms with E-state index in [0.717, 1.165) is 0 Å². The molecule has 1 aromatic carbocycles. The van der Waals surface area contributed by atoms with Crippen molar-refractivity contribution in [2.45, 2.75) is 5.03 Å². The molecule has 0 saturated carbocycles. The molecule has 0 amide bonds. The van der Waals surface area contributed by atoms with Crippen molar-refractivity contribution in [1.82, 2.24) is 10.2 Å². The molecule has 0 unspecified atom stereocenters. The Morgan fingerprint density at radius 1 is 1.35 bits per heavy atom. The predicted molar refractivity (Wildman–Crippen MR) is 77.0 cm³/mol. The van der Waals surface area contributed by atoms with Gasteiger partial charge in [0.1, 0.15) is 16.3 Å². The summed E-state index contributed by atoms with van der Waals surface area (Å²) in [7, 11) is 1.54. The second-order valence-electron chi connectivity index (χ2n) is 3.78. The molecule has 0 aliphatic heterocycles. The number of carboxylic acids is 1. The number of anilines is 2. The normalized spacial score (nSPS) is 10.1. The number of hydrogen-bond acceptors (Lipinski definition) is 6. The molecule has 0 spiro atoms. The molecule has 0 saturated heterocycles. The van der Waals surface area contributed by atoms with Crippen molar-refractivity contribution in [1.29, 1.82) is 0 Å². The molecule has 0 aliphatic carbocycles. The van der Waals surface area contributed by atoms with E-state index < -0.39 is 5.97 Å². The summed E-state index contributed by atoms with van der Waals surface area (Å²) in [6, 6.07) is 8.67. The molecule has 2 N–H and O–H groups in total. The lowest BCUT2D eigenvalue weighted by atomic mass is 10.2. The van der Waals surface area contributed by atoms with E-state index in [2.05, 4.69) is 15.5 Å². The molecule has 0 atom stereocenters. The fraction of sp³-hybridized carbons (Fsp3) is 0.154. The van der Waals surface area contributed by atoms with Gasteiger partial charge in [-0.15, -0.1) is 22.0 Å². The summed E-state index contributed by atoms with van der Waals surface area (Å²) in [6.45, 7) is 0. The van der Waals surface area contributed by atoms with Crippen LogP contribution < -0.4 is 10.1 Å². The first kappa shape index (κ1) is 14.1. The molecular formula is C13H13N3O3S. The lowest BCUT2D eigenvalue weighted by Gasteiger charge is -2.11.